The number of halogens is 2. The number of piperidine rings is 1. The molecule has 1 atom stereocenters. The molecule has 9 heteroatoms. The summed E-state index contributed by atoms with van der Waals surface area (Å²) in [6.45, 7) is -0.764. The van der Waals surface area contributed by atoms with Gasteiger partial charge < -0.3 is 20.1 Å². The lowest BCUT2D eigenvalue weighted by atomic mass is 9.93. The molecule has 34 heavy (non-hydrogen) atoms. The van der Waals surface area contributed by atoms with Crippen LogP contribution in [0.3, 0.4) is 0 Å². The molecule has 2 aromatic rings. The highest BCUT2D eigenvalue weighted by Crippen LogP contribution is 2.45. The van der Waals surface area contributed by atoms with E-state index in [0.717, 1.165) is 27.2 Å². The van der Waals surface area contributed by atoms with Crippen molar-refractivity contribution in [2.45, 2.75) is 36.6 Å². The summed E-state index contributed by atoms with van der Waals surface area (Å²) in [4.78, 5) is 38.0. The van der Waals surface area contributed by atoms with E-state index >= 15 is 0 Å². The Morgan fingerprint density at radius 1 is 1.00 bits per heavy atom. The number of carbonyl (C=O) groups is 3. The van der Waals surface area contributed by atoms with Crippen molar-refractivity contribution in [1.82, 2.24) is 10.2 Å². The summed E-state index contributed by atoms with van der Waals surface area (Å²) in [5.41, 5.74) is 3.08. The number of carboxylic acids is 1. The van der Waals surface area contributed by atoms with E-state index in [-0.39, 0.29) is 19.1 Å². The van der Waals surface area contributed by atoms with Crippen molar-refractivity contribution in [2.24, 2.45) is 5.92 Å². The number of benzene rings is 2. The van der Waals surface area contributed by atoms with Gasteiger partial charge in [0.05, 0.1) is 0 Å². The Morgan fingerprint density at radius 2 is 1.59 bits per heavy atom. The molecule has 178 valence electrons. The van der Waals surface area contributed by atoms with Crippen LogP contribution in [-0.4, -0.2) is 59.1 Å². The van der Waals surface area contributed by atoms with Crippen LogP contribution in [0.1, 0.15) is 36.3 Å². The SMILES string of the molecule is O=C(NC1(C(=O)N2CCC(F)(F)C(C(=O)O)C2)CC1)OCC1c2ccccc2-c2ccccc21. The van der Waals surface area contributed by atoms with Gasteiger partial charge in [0.25, 0.3) is 5.92 Å². The topological polar surface area (TPSA) is 95.9 Å². The summed E-state index contributed by atoms with van der Waals surface area (Å²) in [6, 6.07) is 15.8. The van der Waals surface area contributed by atoms with Crippen LogP contribution < -0.4 is 5.32 Å². The second-order valence-electron chi connectivity index (χ2n) is 9.19. The first-order chi connectivity index (χ1) is 16.2. The number of alkyl halides is 2. The molecule has 1 heterocycles. The normalized spacial score (nSPS) is 21.8. The molecule has 1 saturated carbocycles. The fourth-order valence-electron chi connectivity index (χ4n) is 5.00. The van der Waals surface area contributed by atoms with Gasteiger partial charge in [0.1, 0.15) is 18.1 Å². The number of likely N-dealkylation sites (tertiary alicyclic amines) is 1. The fourth-order valence-corrected chi connectivity index (χ4v) is 5.00. The number of ether oxygens (including phenoxy) is 1. The highest BCUT2D eigenvalue weighted by atomic mass is 19.3. The van der Waals surface area contributed by atoms with Crippen molar-refractivity contribution in [3.63, 3.8) is 0 Å². The fraction of sp³-hybridized carbons (Fsp3) is 0.400. The molecule has 1 aliphatic heterocycles. The van der Waals surface area contributed by atoms with Gasteiger partial charge in [0.15, 0.2) is 0 Å². The first kappa shape index (κ1) is 22.3. The van der Waals surface area contributed by atoms with Crippen molar-refractivity contribution in [3.05, 3.63) is 59.7 Å². The zero-order chi connectivity index (χ0) is 24.1. The van der Waals surface area contributed by atoms with Crippen LogP contribution in [0.4, 0.5) is 13.6 Å². The van der Waals surface area contributed by atoms with E-state index in [2.05, 4.69) is 5.32 Å². The first-order valence-electron chi connectivity index (χ1n) is 11.2. The van der Waals surface area contributed by atoms with E-state index in [1.807, 2.05) is 48.5 Å². The van der Waals surface area contributed by atoms with E-state index < -0.39 is 48.3 Å². The molecule has 1 unspecified atom stereocenters. The Balaban J connectivity index is 1.23. The maximum atomic E-state index is 13.9. The first-order valence-corrected chi connectivity index (χ1v) is 11.2. The number of rotatable bonds is 5. The molecule has 0 bridgehead atoms. The zero-order valence-electron chi connectivity index (χ0n) is 18.3. The van der Waals surface area contributed by atoms with E-state index in [9.17, 15) is 23.2 Å². The van der Waals surface area contributed by atoms with Gasteiger partial charge in [-0.2, -0.15) is 0 Å². The summed E-state index contributed by atoms with van der Waals surface area (Å²) in [6.07, 6.45) is -0.789. The van der Waals surface area contributed by atoms with Gasteiger partial charge in [-0.3, -0.25) is 9.59 Å². The van der Waals surface area contributed by atoms with Crippen molar-refractivity contribution in [3.8, 4) is 11.1 Å². The second kappa shape index (κ2) is 8.07. The summed E-state index contributed by atoms with van der Waals surface area (Å²) in [5.74, 6) is -7.65. The van der Waals surface area contributed by atoms with Gasteiger partial charge >= 0.3 is 12.1 Å². The Hall–Kier alpha value is -3.49. The lowest BCUT2D eigenvalue weighted by Gasteiger charge is -2.37. The quantitative estimate of drug-likeness (QED) is 0.696. The monoisotopic (exact) mass is 470 g/mol. The van der Waals surface area contributed by atoms with Crippen LogP contribution >= 0.6 is 0 Å². The summed E-state index contributed by atoms with van der Waals surface area (Å²) >= 11 is 0. The number of aliphatic carboxylic acids is 1. The molecule has 2 aliphatic carbocycles. The van der Waals surface area contributed by atoms with Gasteiger partial charge in [-0.15, -0.1) is 0 Å². The number of fused-ring (bicyclic) bond motifs is 3. The van der Waals surface area contributed by atoms with Crippen molar-refractivity contribution in [2.75, 3.05) is 19.7 Å². The Morgan fingerprint density at radius 3 is 2.15 bits per heavy atom. The predicted molar refractivity (Wildman–Crippen MR) is 117 cm³/mol. The minimum absolute atomic E-state index is 0.0845. The predicted octanol–water partition coefficient (Wildman–Crippen LogP) is 3.63. The molecule has 2 amide bonds. The van der Waals surface area contributed by atoms with Crippen LogP contribution in [0.5, 0.6) is 0 Å². The Labute approximate surface area is 194 Å². The van der Waals surface area contributed by atoms with Crippen molar-refractivity contribution >= 4 is 18.0 Å². The third-order valence-corrected chi connectivity index (χ3v) is 7.06. The maximum Gasteiger partial charge on any atom is 0.408 e. The number of hydrogen-bond donors (Lipinski definition) is 2. The molecule has 1 saturated heterocycles. The average Bonchev–Trinajstić information content (AvgIpc) is 3.52. The van der Waals surface area contributed by atoms with E-state index in [1.165, 1.54) is 0 Å². The molecule has 0 aromatic heterocycles. The van der Waals surface area contributed by atoms with Gasteiger partial charge in [0.2, 0.25) is 5.91 Å². The summed E-state index contributed by atoms with van der Waals surface area (Å²) in [7, 11) is 0. The molecule has 0 radical (unpaired) electrons. The van der Waals surface area contributed by atoms with Crippen LogP contribution in [0, 0.1) is 5.92 Å². The minimum atomic E-state index is -3.38. The molecular formula is C25H24F2N2O5. The number of nitrogens with zero attached hydrogens (tertiary/aromatic N) is 1. The molecule has 2 aromatic carbocycles. The second-order valence-corrected chi connectivity index (χ2v) is 9.19. The summed E-state index contributed by atoms with van der Waals surface area (Å²) < 4.78 is 33.4. The van der Waals surface area contributed by atoms with Crippen molar-refractivity contribution < 1.29 is 33.0 Å². The Kier molecular flexibility index (Phi) is 5.30. The van der Waals surface area contributed by atoms with Crippen LogP contribution in [0.25, 0.3) is 11.1 Å². The van der Waals surface area contributed by atoms with Crippen molar-refractivity contribution in [1.29, 1.82) is 0 Å². The van der Waals surface area contributed by atoms with Gasteiger partial charge in [-0.1, -0.05) is 48.5 Å². The smallest absolute Gasteiger partial charge is 0.408 e. The summed E-state index contributed by atoms with van der Waals surface area (Å²) in [5, 5.41) is 11.8. The van der Waals surface area contributed by atoms with Gasteiger partial charge in [-0.25, -0.2) is 13.6 Å². The maximum absolute atomic E-state index is 13.9. The molecular weight excluding hydrogens is 446 g/mol. The number of carbonyl (C=O) groups excluding carboxylic acids is 2. The average molecular weight is 470 g/mol. The van der Waals surface area contributed by atoms with Crippen LogP contribution in [0.2, 0.25) is 0 Å². The van der Waals surface area contributed by atoms with Gasteiger partial charge in [-0.05, 0) is 35.1 Å². The van der Waals surface area contributed by atoms with Crippen LogP contribution in [0.15, 0.2) is 48.5 Å². The molecule has 2 N–H and O–H groups in total. The molecule has 0 spiro atoms. The molecule has 3 aliphatic rings. The number of hydrogen-bond acceptors (Lipinski definition) is 4. The minimum Gasteiger partial charge on any atom is -0.481 e. The lowest BCUT2D eigenvalue weighted by Crippen LogP contribution is -2.57. The third-order valence-electron chi connectivity index (χ3n) is 7.06. The number of alkyl carbamates (subject to hydrolysis) is 1. The Bertz CT molecular complexity index is 1120. The standard InChI is InChI=1S/C25H24F2N2O5/c26-25(27)11-12-29(13-20(25)21(30)31)22(32)24(9-10-24)28-23(33)34-14-19-17-7-3-1-5-15(17)16-6-2-4-8-18(16)19/h1-8,19-20H,9-14H2,(H,28,33)(H,30,31). The van der Waals surface area contributed by atoms with Crippen LogP contribution in [-0.2, 0) is 14.3 Å². The number of carboxylic acid groups (broad SMARTS) is 1. The molecule has 5 rings (SSSR count). The third kappa shape index (κ3) is 3.78. The number of amides is 2. The lowest BCUT2D eigenvalue weighted by molar-refractivity contribution is -0.170. The molecule has 7 nitrogen and oxygen atoms in total. The highest BCUT2D eigenvalue weighted by Gasteiger charge is 2.57. The van der Waals surface area contributed by atoms with E-state index in [1.54, 1.807) is 0 Å². The number of nitrogens with one attached hydrogen (secondary N) is 1. The highest BCUT2D eigenvalue weighted by molar-refractivity contribution is 5.93. The van der Waals surface area contributed by atoms with E-state index in [0.29, 0.717) is 12.8 Å². The zero-order valence-corrected chi connectivity index (χ0v) is 18.3. The van der Waals surface area contributed by atoms with Gasteiger partial charge in [0, 0.05) is 25.4 Å². The largest absolute Gasteiger partial charge is 0.481 e. The van der Waals surface area contributed by atoms with E-state index in [4.69, 9.17) is 9.84 Å². The molecule has 2 fully saturated rings.